The fourth-order valence-corrected chi connectivity index (χ4v) is 4.59. The van der Waals surface area contributed by atoms with E-state index in [0.717, 1.165) is 12.3 Å². The van der Waals surface area contributed by atoms with Crippen LogP contribution in [0.5, 0.6) is 5.75 Å². The zero-order valence-corrected chi connectivity index (χ0v) is 14.3. The van der Waals surface area contributed by atoms with E-state index in [-0.39, 0.29) is 18.3 Å². The number of phenols is 1. The van der Waals surface area contributed by atoms with Crippen LogP contribution < -0.4 is 5.63 Å². The van der Waals surface area contributed by atoms with Gasteiger partial charge in [-0.2, -0.15) is 0 Å². The van der Waals surface area contributed by atoms with Crippen LogP contribution in [-0.4, -0.2) is 11.1 Å². The highest BCUT2D eigenvalue weighted by Gasteiger charge is 2.40. The minimum atomic E-state index is -0.514. The molecule has 3 atom stereocenters. The molecule has 0 aliphatic heterocycles. The number of carbonyl (C=O) groups is 1. The van der Waals surface area contributed by atoms with Gasteiger partial charge in [-0.1, -0.05) is 6.42 Å². The Morgan fingerprint density at radius 2 is 2.16 bits per heavy atom. The maximum absolute atomic E-state index is 12.2. The van der Waals surface area contributed by atoms with E-state index in [1.165, 1.54) is 25.3 Å². The van der Waals surface area contributed by atoms with Crippen LogP contribution in [0.15, 0.2) is 27.4 Å². The van der Waals surface area contributed by atoms with Crippen LogP contribution in [0.3, 0.4) is 0 Å². The summed E-state index contributed by atoms with van der Waals surface area (Å²) in [5.74, 6) is 1.83. The molecule has 1 N–H and O–H groups in total. The number of rotatable bonds is 4. The molecule has 0 radical (unpaired) electrons. The summed E-state index contributed by atoms with van der Waals surface area (Å²) in [4.78, 5) is 24.0. The van der Waals surface area contributed by atoms with Crippen LogP contribution in [0.1, 0.15) is 43.2 Å². The van der Waals surface area contributed by atoms with Crippen molar-refractivity contribution in [1.29, 1.82) is 0 Å². The van der Waals surface area contributed by atoms with Crippen LogP contribution >= 0.6 is 0 Å². The van der Waals surface area contributed by atoms with Crippen molar-refractivity contribution >= 4 is 16.9 Å². The summed E-state index contributed by atoms with van der Waals surface area (Å²) < 4.78 is 10.7. The van der Waals surface area contributed by atoms with Crippen LogP contribution in [0.25, 0.3) is 11.0 Å². The predicted octanol–water partition coefficient (Wildman–Crippen LogP) is 3.68. The molecule has 2 aliphatic carbocycles. The van der Waals surface area contributed by atoms with Crippen molar-refractivity contribution in [1.82, 2.24) is 0 Å². The van der Waals surface area contributed by atoms with E-state index in [0.29, 0.717) is 40.4 Å². The molecule has 0 unspecified atom stereocenters. The normalized spacial score (nSPS) is 24.8. The topological polar surface area (TPSA) is 76.7 Å². The van der Waals surface area contributed by atoms with Gasteiger partial charge in [-0.15, -0.1) is 0 Å². The van der Waals surface area contributed by atoms with E-state index in [9.17, 15) is 14.7 Å². The van der Waals surface area contributed by atoms with Gasteiger partial charge in [0.05, 0.1) is 0 Å². The first-order valence-corrected chi connectivity index (χ1v) is 8.92. The number of ether oxygens (including phenoxy) is 1. The lowest BCUT2D eigenvalue weighted by Crippen LogP contribution is -2.17. The third-order valence-electron chi connectivity index (χ3n) is 5.92. The highest BCUT2D eigenvalue weighted by molar-refractivity contribution is 5.85. The van der Waals surface area contributed by atoms with Gasteiger partial charge < -0.3 is 14.3 Å². The summed E-state index contributed by atoms with van der Waals surface area (Å²) in [5, 5.41) is 10.5. The molecule has 1 aromatic heterocycles. The zero-order valence-electron chi connectivity index (χ0n) is 14.3. The minimum absolute atomic E-state index is 0.0476. The maximum atomic E-state index is 12.2. The second-order valence-corrected chi connectivity index (χ2v) is 7.48. The Bertz CT molecular complexity index is 882. The van der Waals surface area contributed by atoms with Gasteiger partial charge in [0.15, 0.2) is 0 Å². The Hall–Kier alpha value is -2.30. The monoisotopic (exact) mass is 342 g/mol. The SMILES string of the molecule is Cc1c(O)ccc2c(COC(=O)C[C@H]3C[C@H]4CC[C@@H]3C4)cc(=O)oc12. The number of carbonyl (C=O) groups excluding carboxylic acids is 1. The van der Waals surface area contributed by atoms with E-state index in [2.05, 4.69) is 0 Å². The molecule has 2 saturated carbocycles. The van der Waals surface area contributed by atoms with Gasteiger partial charge in [-0.05, 0) is 56.1 Å². The fourth-order valence-electron chi connectivity index (χ4n) is 4.59. The first-order valence-electron chi connectivity index (χ1n) is 8.92. The molecular weight excluding hydrogens is 320 g/mol. The lowest BCUT2D eigenvalue weighted by Gasteiger charge is -2.20. The van der Waals surface area contributed by atoms with Crippen LogP contribution in [0, 0.1) is 24.7 Å². The molecule has 2 aliphatic rings. The van der Waals surface area contributed by atoms with Crippen molar-refractivity contribution in [2.75, 3.05) is 0 Å². The molecule has 0 saturated heterocycles. The standard InChI is InChI=1S/C20H22O5/c1-11-17(21)5-4-16-15(9-19(23)25-20(11)16)10-24-18(22)8-14-7-12-2-3-13(14)6-12/h4-5,9,12-14,21H,2-3,6-8,10H2,1H3/t12-,13+,14+/m0/s1. The first-order chi connectivity index (χ1) is 12.0. The molecule has 0 amide bonds. The molecule has 0 spiro atoms. The Morgan fingerprint density at radius 3 is 2.88 bits per heavy atom. The average molecular weight is 342 g/mol. The van der Waals surface area contributed by atoms with Crippen LogP contribution in [0.4, 0.5) is 0 Å². The molecule has 2 aromatic rings. The summed E-state index contributed by atoms with van der Waals surface area (Å²) in [6, 6.07) is 4.58. The fraction of sp³-hybridized carbons (Fsp3) is 0.500. The van der Waals surface area contributed by atoms with Crippen molar-refractivity contribution < 1.29 is 19.1 Å². The van der Waals surface area contributed by atoms with Crippen LogP contribution in [-0.2, 0) is 16.1 Å². The number of hydrogen-bond donors (Lipinski definition) is 1. The summed E-state index contributed by atoms with van der Waals surface area (Å²) in [6.07, 6.45) is 5.45. The second-order valence-electron chi connectivity index (χ2n) is 7.48. The Balaban J connectivity index is 1.48. The molecule has 1 aromatic carbocycles. The molecule has 4 rings (SSSR count). The van der Waals surface area contributed by atoms with Gasteiger partial charge >= 0.3 is 11.6 Å². The molecular formula is C20H22O5. The average Bonchev–Trinajstić information content (AvgIpc) is 3.19. The third-order valence-corrected chi connectivity index (χ3v) is 5.92. The summed E-state index contributed by atoms with van der Waals surface area (Å²) in [7, 11) is 0. The predicted molar refractivity (Wildman–Crippen MR) is 92.2 cm³/mol. The van der Waals surface area contributed by atoms with Gasteiger partial charge in [0.25, 0.3) is 0 Å². The quantitative estimate of drug-likeness (QED) is 0.677. The third kappa shape index (κ3) is 3.03. The number of esters is 1. The van der Waals surface area contributed by atoms with Crippen molar-refractivity contribution in [3.63, 3.8) is 0 Å². The van der Waals surface area contributed by atoms with Crippen LogP contribution in [0.2, 0.25) is 0 Å². The molecule has 25 heavy (non-hydrogen) atoms. The zero-order chi connectivity index (χ0) is 17.6. The molecule has 5 heteroatoms. The Kier molecular flexibility index (Phi) is 4.02. The van der Waals surface area contributed by atoms with Crippen molar-refractivity contribution in [2.24, 2.45) is 17.8 Å². The molecule has 5 nitrogen and oxygen atoms in total. The van der Waals surface area contributed by atoms with Gasteiger partial charge in [0.1, 0.15) is 17.9 Å². The van der Waals surface area contributed by atoms with E-state index in [4.69, 9.17) is 9.15 Å². The highest BCUT2D eigenvalue weighted by atomic mass is 16.5. The molecule has 132 valence electrons. The lowest BCUT2D eigenvalue weighted by molar-refractivity contribution is -0.146. The van der Waals surface area contributed by atoms with E-state index >= 15 is 0 Å². The van der Waals surface area contributed by atoms with E-state index in [1.807, 2.05) is 0 Å². The first kappa shape index (κ1) is 16.2. The van der Waals surface area contributed by atoms with Crippen molar-refractivity contribution in [3.05, 3.63) is 39.7 Å². The minimum Gasteiger partial charge on any atom is -0.508 e. The number of aryl methyl sites for hydroxylation is 1. The smallest absolute Gasteiger partial charge is 0.336 e. The van der Waals surface area contributed by atoms with E-state index in [1.54, 1.807) is 19.1 Å². The number of hydrogen-bond acceptors (Lipinski definition) is 5. The largest absolute Gasteiger partial charge is 0.508 e. The lowest BCUT2D eigenvalue weighted by atomic mass is 9.86. The summed E-state index contributed by atoms with van der Waals surface area (Å²) >= 11 is 0. The highest BCUT2D eigenvalue weighted by Crippen LogP contribution is 2.49. The Labute approximate surface area is 145 Å². The number of benzene rings is 1. The second kappa shape index (κ2) is 6.21. The molecule has 2 fully saturated rings. The Morgan fingerprint density at radius 1 is 1.32 bits per heavy atom. The van der Waals surface area contributed by atoms with Gasteiger partial charge in [-0.25, -0.2) is 4.79 Å². The van der Waals surface area contributed by atoms with Crippen molar-refractivity contribution in [3.8, 4) is 5.75 Å². The van der Waals surface area contributed by atoms with Gasteiger partial charge in [-0.3, -0.25) is 4.79 Å². The number of aromatic hydroxyl groups is 1. The van der Waals surface area contributed by atoms with Crippen molar-refractivity contribution in [2.45, 2.75) is 45.6 Å². The number of phenolic OH excluding ortho intramolecular Hbond substituents is 1. The molecule has 2 bridgehead atoms. The summed E-state index contributed by atoms with van der Waals surface area (Å²) in [6.45, 7) is 1.73. The maximum Gasteiger partial charge on any atom is 0.336 e. The van der Waals surface area contributed by atoms with Gasteiger partial charge in [0, 0.05) is 29.0 Å². The van der Waals surface area contributed by atoms with E-state index < -0.39 is 5.63 Å². The summed E-state index contributed by atoms with van der Waals surface area (Å²) in [5.41, 5.74) is 0.937. The molecule has 1 heterocycles. The number of fused-ring (bicyclic) bond motifs is 3. The van der Waals surface area contributed by atoms with Gasteiger partial charge in [0.2, 0.25) is 0 Å².